The van der Waals surface area contributed by atoms with Crippen LogP contribution in [0, 0.1) is 0 Å². The van der Waals surface area contributed by atoms with Gasteiger partial charge in [0.1, 0.15) is 0 Å². The summed E-state index contributed by atoms with van der Waals surface area (Å²) in [5.41, 5.74) is 0.534. The van der Waals surface area contributed by atoms with Crippen molar-refractivity contribution in [2.45, 2.75) is 6.42 Å². The number of carbonyl (C=O) groups is 2. The molecule has 0 saturated heterocycles. The first-order valence-electron chi connectivity index (χ1n) is 5.79. The third-order valence-corrected chi connectivity index (χ3v) is 2.62. The summed E-state index contributed by atoms with van der Waals surface area (Å²) in [4.78, 5) is 24.4. The van der Waals surface area contributed by atoms with Gasteiger partial charge in [0.25, 0.3) is 5.91 Å². The van der Waals surface area contributed by atoms with Crippen molar-refractivity contribution in [3.63, 3.8) is 0 Å². The third-order valence-electron chi connectivity index (χ3n) is 2.62. The number of aromatic carboxylic acids is 1. The Kier molecular flexibility index (Phi) is 5.32. The number of rotatable bonds is 6. The van der Waals surface area contributed by atoms with Gasteiger partial charge in [0.15, 0.2) is 0 Å². The van der Waals surface area contributed by atoms with E-state index in [9.17, 15) is 9.59 Å². The van der Waals surface area contributed by atoms with Crippen LogP contribution in [0.25, 0.3) is 0 Å². The topological polar surface area (TPSA) is 69.6 Å². The smallest absolute Gasteiger partial charge is 0.335 e. The molecule has 0 aromatic heterocycles. The van der Waals surface area contributed by atoms with Crippen LogP contribution < -0.4 is 5.32 Å². The van der Waals surface area contributed by atoms with Crippen LogP contribution in [0.2, 0.25) is 0 Å². The van der Waals surface area contributed by atoms with Crippen LogP contribution in [-0.4, -0.2) is 49.1 Å². The molecule has 0 unspecified atom stereocenters. The lowest BCUT2D eigenvalue weighted by Gasteiger charge is -2.17. The summed E-state index contributed by atoms with van der Waals surface area (Å²) in [5, 5.41) is 11.9. The first kappa shape index (κ1) is 14.2. The lowest BCUT2D eigenvalue weighted by atomic mass is 10.1. The standard InChI is InChI=1S/C13H18N2O3/c1-14-7-4-8-15(2)12(16)10-5-3-6-11(9-10)13(17)18/h3,5-6,9,14H,4,7-8H2,1-2H3,(H,17,18). The summed E-state index contributed by atoms with van der Waals surface area (Å²) in [6.45, 7) is 1.48. The van der Waals surface area contributed by atoms with Gasteiger partial charge in [-0.05, 0) is 38.2 Å². The Bertz CT molecular complexity index is 432. The van der Waals surface area contributed by atoms with E-state index in [1.54, 1.807) is 24.1 Å². The van der Waals surface area contributed by atoms with E-state index in [1.807, 2.05) is 7.05 Å². The Morgan fingerprint density at radius 1 is 1.33 bits per heavy atom. The molecule has 1 amide bonds. The van der Waals surface area contributed by atoms with Crippen molar-refractivity contribution in [2.75, 3.05) is 27.2 Å². The first-order valence-corrected chi connectivity index (χ1v) is 5.79. The second-order valence-corrected chi connectivity index (χ2v) is 4.07. The molecule has 98 valence electrons. The molecule has 0 aliphatic rings. The maximum atomic E-state index is 12.0. The molecule has 1 rings (SSSR count). The second kappa shape index (κ2) is 6.76. The molecular formula is C13H18N2O3. The number of nitrogens with one attached hydrogen (secondary N) is 1. The maximum absolute atomic E-state index is 12.0. The minimum Gasteiger partial charge on any atom is -0.478 e. The van der Waals surface area contributed by atoms with E-state index in [0.717, 1.165) is 13.0 Å². The predicted octanol–water partition coefficient (Wildman–Crippen LogP) is 1.07. The Morgan fingerprint density at radius 3 is 2.61 bits per heavy atom. The minimum absolute atomic E-state index is 0.129. The number of carboxylic acids is 1. The molecule has 0 aliphatic carbocycles. The van der Waals surface area contributed by atoms with Gasteiger partial charge in [-0.1, -0.05) is 6.07 Å². The molecule has 5 heteroatoms. The van der Waals surface area contributed by atoms with Crippen molar-refractivity contribution in [1.29, 1.82) is 0 Å². The highest BCUT2D eigenvalue weighted by Crippen LogP contribution is 2.08. The van der Waals surface area contributed by atoms with Gasteiger partial charge < -0.3 is 15.3 Å². The van der Waals surface area contributed by atoms with Gasteiger partial charge in [0, 0.05) is 19.2 Å². The average molecular weight is 250 g/mol. The molecule has 0 saturated carbocycles. The quantitative estimate of drug-likeness (QED) is 0.741. The average Bonchev–Trinajstić information content (AvgIpc) is 2.38. The van der Waals surface area contributed by atoms with Gasteiger partial charge in [0.05, 0.1) is 5.56 Å². The lowest BCUT2D eigenvalue weighted by molar-refractivity contribution is 0.0697. The fourth-order valence-corrected chi connectivity index (χ4v) is 1.60. The number of carbonyl (C=O) groups excluding carboxylic acids is 1. The number of nitrogens with zero attached hydrogens (tertiary/aromatic N) is 1. The zero-order valence-corrected chi connectivity index (χ0v) is 10.6. The van der Waals surface area contributed by atoms with Gasteiger partial charge in [-0.3, -0.25) is 4.79 Å². The highest BCUT2D eigenvalue weighted by Gasteiger charge is 2.13. The van der Waals surface area contributed by atoms with E-state index < -0.39 is 5.97 Å². The molecule has 0 fully saturated rings. The monoisotopic (exact) mass is 250 g/mol. The summed E-state index contributed by atoms with van der Waals surface area (Å²) >= 11 is 0. The van der Waals surface area contributed by atoms with Crippen LogP contribution >= 0.6 is 0 Å². The lowest BCUT2D eigenvalue weighted by Crippen LogP contribution is -2.29. The van der Waals surface area contributed by atoms with Crippen molar-refractivity contribution >= 4 is 11.9 Å². The van der Waals surface area contributed by atoms with Crippen molar-refractivity contribution in [3.05, 3.63) is 35.4 Å². The van der Waals surface area contributed by atoms with Crippen LogP contribution in [0.3, 0.4) is 0 Å². The molecule has 0 atom stereocenters. The number of amides is 1. The number of hydrogen-bond donors (Lipinski definition) is 2. The molecule has 2 N–H and O–H groups in total. The van der Waals surface area contributed by atoms with Gasteiger partial charge >= 0.3 is 5.97 Å². The van der Waals surface area contributed by atoms with Gasteiger partial charge in [0.2, 0.25) is 0 Å². The SMILES string of the molecule is CNCCCN(C)C(=O)c1cccc(C(=O)O)c1. The molecule has 0 heterocycles. The molecule has 1 aromatic rings. The Labute approximate surface area is 106 Å². The van der Waals surface area contributed by atoms with Gasteiger partial charge in [-0.25, -0.2) is 4.79 Å². The maximum Gasteiger partial charge on any atom is 0.335 e. The summed E-state index contributed by atoms with van der Waals surface area (Å²) in [5.74, 6) is -1.18. The summed E-state index contributed by atoms with van der Waals surface area (Å²) in [7, 11) is 3.57. The van der Waals surface area contributed by atoms with E-state index in [4.69, 9.17) is 5.11 Å². The van der Waals surface area contributed by atoms with E-state index in [2.05, 4.69) is 5.32 Å². The minimum atomic E-state index is -1.03. The normalized spacial score (nSPS) is 10.1. The van der Waals surface area contributed by atoms with E-state index in [0.29, 0.717) is 12.1 Å². The zero-order valence-electron chi connectivity index (χ0n) is 10.6. The molecule has 5 nitrogen and oxygen atoms in total. The predicted molar refractivity (Wildman–Crippen MR) is 68.9 cm³/mol. The van der Waals surface area contributed by atoms with Crippen molar-refractivity contribution in [1.82, 2.24) is 10.2 Å². The van der Waals surface area contributed by atoms with Crippen LogP contribution in [0.4, 0.5) is 0 Å². The fraction of sp³-hybridized carbons (Fsp3) is 0.385. The summed E-state index contributed by atoms with van der Waals surface area (Å²) in [6.07, 6.45) is 0.858. The fourth-order valence-electron chi connectivity index (χ4n) is 1.60. The summed E-state index contributed by atoms with van der Waals surface area (Å²) < 4.78 is 0. The second-order valence-electron chi connectivity index (χ2n) is 4.07. The molecule has 18 heavy (non-hydrogen) atoms. The first-order chi connectivity index (χ1) is 8.56. The highest BCUT2D eigenvalue weighted by molar-refractivity contribution is 5.97. The third kappa shape index (κ3) is 3.85. The van der Waals surface area contributed by atoms with Crippen molar-refractivity contribution in [3.8, 4) is 0 Å². The number of benzene rings is 1. The molecule has 0 spiro atoms. The molecule has 0 radical (unpaired) electrons. The van der Waals surface area contributed by atoms with E-state index in [-0.39, 0.29) is 11.5 Å². The van der Waals surface area contributed by atoms with Gasteiger partial charge in [-0.2, -0.15) is 0 Å². The molecule has 0 aliphatic heterocycles. The van der Waals surface area contributed by atoms with Crippen LogP contribution in [0.15, 0.2) is 24.3 Å². The van der Waals surface area contributed by atoms with Crippen LogP contribution in [-0.2, 0) is 0 Å². The largest absolute Gasteiger partial charge is 0.478 e. The molecule has 0 bridgehead atoms. The van der Waals surface area contributed by atoms with Crippen molar-refractivity contribution < 1.29 is 14.7 Å². The summed E-state index contributed by atoms with van der Waals surface area (Å²) in [6, 6.07) is 6.08. The Hall–Kier alpha value is -1.88. The zero-order chi connectivity index (χ0) is 13.5. The Balaban J connectivity index is 2.71. The highest BCUT2D eigenvalue weighted by atomic mass is 16.4. The molecular weight excluding hydrogens is 232 g/mol. The number of hydrogen-bond acceptors (Lipinski definition) is 3. The van der Waals surface area contributed by atoms with Crippen molar-refractivity contribution in [2.24, 2.45) is 0 Å². The van der Waals surface area contributed by atoms with E-state index in [1.165, 1.54) is 12.1 Å². The number of carboxylic acid groups (broad SMARTS) is 1. The van der Waals surface area contributed by atoms with Gasteiger partial charge in [-0.15, -0.1) is 0 Å². The van der Waals surface area contributed by atoms with E-state index >= 15 is 0 Å². The van der Waals surface area contributed by atoms with Crippen LogP contribution in [0.5, 0.6) is 0 Å². The Morgan fingerprint density at radius 2 is 2.00 bits per heavy atom. The van der Waals surface area contributed by atoms with Crippen LogP contribution in [0.1, 0.15) is 27.1 Å². The molecule has 1 aromatic carbocycles.